The van der Waals surface area contributed by atoms with Crippen LogP contribution in [-0.2, 0) is 14.3 Å². The summed E-state index contributed by atoms with van der Waals surface area (Å²) < 4.78 is 11.3. The lowest BCUT2D eigenvalue weighted by Gasteiger charge is -2.38. The first-order chi connectivity index (χ1) is 15.9. The van der Waals surface area contributed by atoms with Gasteiger partial charge in [-0.1, -0.05) is 34.1 Å². The van der Waals surface area contributed by atoms with E-state index in [1.54, 1.807) is 14.0 Å². The summed E-state index contributed by atoms with van der Waals surface area (Å²) in [6, 6.07) is 0.330. The zero-order chi connectivity index (χ0) is 25.9. The van der Waals surface area contributed by atoms with Crippen LogP contribution >= 0.6 is 0 Å². The molecule has 0 aromatic carbocycles. The van der Waals surface area contributed by atoms with E-state index in [0.29, 0.717) is 31.9 Å². The van der Waals surface area contributed by atoms with Crippen LogP contribution in [0.2, 0.25) is 0 Å². The topological polar surface area (TPSA) is 100 Å². The van der Waals surface area contributed by atoms with Gasteiger partial charge in [-0.05, 0) is 77.2 Å². The van der Waals surface area contributed by atoms with Crippen LogP contribution in [0.3, 0.4) is 0 Å². The van der Waals surface area contributed by atoms with Crippen molar-refractivity contribution in [2.75, 3.05) is 26.8 Å². The number of hydrogen-bond donors (Lipinski definition) is 4. The Balaban J connectivity index is 3.22. The zero-order valence-corrected chi connectivity index (χ0v) is 23.2. The van der Waals surface area contributed by atoms with Gasteiger partial charge in [-0.25, -0.2) is 0 Å². The Hall–Kier alpha value is -0.730. The molecule has 1 aliphatic rings. The van der Waals surface area contributed by atoms with Crippen molar-refractivity contribution in [1.82, 2.24) is 10.6 Å². The molecule has 202 valence electrons. The highest BCUT2D eigenvalue weighted by Gasteiger charge is 2.41. The first kappa shape index (κ1) is 31.3. The lowest BCUT2D eigenvalue weighted by atomic mass is 9.78. The first-order valence-electron chi connectivity index (χ1n) is 13.5. The predicted octanol–water partition coefficient (Wildman–Crippen LogP) is 3.66. The fourth-order valence-electron chi connectivity index (χ4n) is 5.46. The number of rotatable bonds is 8. The predicted molar refractivity (Wildman–Crippen MR) is 138 cm³/mol. The fourth-order valence-corrected chi connectivity index (χ4v) is 5.46. The maximum absolute atomic E-state index is 13.1. The molecule has 0 aliphatic carbocycles. The summed E-state index contributed by atoms with van der Waals surface area (Å²) in [4.78, 5) is 13.1. The molecule has 0 aromatic rings. The van der Waals surface area contributed by atoms with Crippen LogP contribution in [0.4, 0.5) is 0 Å². The lowest BCUT2D eigenvalue weighted by molar-refractivity contribution is -0.172. The van der Waals surface area contributed by atoms with Crippen LogP contribution in [0.25, 0.3) is 0 Å². The summed E-state index contributed by atoms with van der Waals surface area (Å²) in [6.45, 7) is 16.0. The van der Waals surface area contributed by atoms with Crippen molar-refractivity contribution in [2.45, 2.75) is 123 Å². The molecule has 1 saturated heterocycles. The monoisotopic (exact) mass is 486 g/mol. The smallest absolute Gasteiger partial charge is 0.309 e. The summed E-state index contributed by atoms with van der Waals surface area (Å²) >= 11 is 0. The highest BCUT2D eigenvalue weighted by molar-refractivity contribution is 5.71. The van der Waals surface area contributed by atoms with Crippen molar-refractivity contribution >= 4 is 5.97 Å². The van der Waals surface area contributed by atoms with Gasteiger partial charge in [-0.15, -0.1) is 0 Å². The summed E-state index contributed by atoms with van der Waals surface area (Å²) in [5.41, 5.74) is -2.40. The number of carbonyl (C=O) groups excluding carboxylic acids is 1. The highest BCUT2D eigenvalue weighted by Crippen LogP contribution is 2.32. The lowest BCUT2D eigenvalue weighted by Crippen LogP contribution is -2.51. The standard InChI is InChI=1S/C27H54N2O5/c1-9-11-21(5)29-18-27(32)15-25(30)34-24(10-2)26(7,31)14-22(6)28-16-19(3)12-23(17-33-8)13-20(27)4/h19-24,28-29,31-32H,9-18H2,1-8H3/t19-,20-,21?,22-,23+,24-,26+,27-/m1/s1. The average Bonchev–Trinajstić information content (AvgIpc) is 2.74. The van der Waals surface area contributed by atoms with Gasteiger partial charge in [0, 0.05) is 32.3 Å². The summed E-state index contributed by atoms with van der Waals surface area (Å²) in [5, 5.41) is 30.0. The first-order valence-corrected chi connectivity index (χ1v) is 13.5. The second kappa shape index (κ2) is 14.7. The van der Waals surface area contributed by atoms with E-state index in [-0.39, 0.29) is 30.3 Å². The molecule has 8 atom stereocenters. The van der Waals surface area contributed by atoms with Crippen LogP contribution in [0, 0.1) is 17.8 Å². The molecule has 7 nitrogen and oxygen atoms in total. The quantitative estimate of drug-likeness (QED) is 0.389. The fraction of sp³-hybridized carbons (Fsp3) is 0.963. The van der Waals surface area contributed by atoms with Gasteiger partial charge in [-0.3, -0.25) is 4.79 Å². The molecule has 1 fully saturated rings. The summed E-state index contributed by atoms with van der Waals surface area (Å²) in [7, 11) is 1.72. The van der Waals surface area contributed by atoms with Gasteiger partial charge >= 0.3 is 5.97 Å². The molecule has 0 amide bonds. The van der Waals surface area contributed by atoms with Crippen molar-refractivity contribution < 1.29 is 24.5 Å². The number of methoxy groups -OCH3 is 1. The largest absolute Gasteiger partial charge is 0.459 e. The van der Waals surface area contributed by atoms with E-state index in [2.05, 4.69) is 38.3 Å². The van der Waals surface area contributed by atoms with Gasteiger partial charge < -0.3 is 30.3 Å². The highest BCUT2D eigenvalue weighted by atomic mass is 16.6. The maximum Gasteiger partial charge on any atom is 0.309 e. The third-order valence-electron chi connectivity index (χ3n) is 7.54. The molecular formula is C27H54N2O5. The molecule has 34 heavy (non-hydrogen) atoms. The number of hydrogen-bond acceptors (Lipinski definition) is 7. The number of aliphatic hydroxyl groups is 2. The third-order valence-corrected chi connectivity index (χ3v) is 7.54. The Kier molecular flexibility index (Phi) is 13.6. The molecule has 0 saturated carbocycles. The molecular weight excluding hydrogens is 432 g/mol. The SMILES string of the molecule is CCCC(C)NC[C@]1(O)CC(=O)O[C@H](CC)[C@@](C)(O)C[C@@H](C)NC[C@H](C)C[C@H](COC)C[C@H]1C. The molecule has 0 bridgehead atoms. The molecule has 1 aliphatic heterocycles. The van der Waals surface area contributed by atoms with E-state index in [0.717, 1.165) is 32.2 Å². The zero-order valence-electron chi connectivity index (χ0n) is 23.2. The number of carbonyl (C=O) groups is 1. The molecule has 1 unspecified atom stereocenters. The van der Waals surface area contributed by atoms with E-state index in [1.165, 1.54) is 0 Å². The molecule has 7 heteroatoms. The number of esters is 1. The van der Waals surface area contributed by atoms with E-state index >= 15 is 0 Å². The average molecular weight is 487 g/mol. The van der Waals surface area contributed by atoms with Gasteiger partial charge in [0.25, 0.3) is 0 Å². The van der Waals surface area contributed by atoms with Crippen molar-refractivity contribution in [3.63, 3.8) is 0 Å². The minimum atomic E-state index is -1.25. The van der Waals surface area contributed by atoms with Crippen LogP contribution in [-0.4, -0.2) is 72.4 Å². The summed E-state index contributed by atoms with van der Waals surface area (Å²) in [5.74, 6) is 0.102. The second-order valence-corrected chi connectivity index (χ2v) is 11.4. The van der Waals surface area contributed by atoms with Gasteiger partial charge in [0.2, 0.25) is 0 Å². The van der Waals surface area contributed by atoms with Crippen molar-refractivity contribution in [3.05, 3.63) is 0 Å². The van der Waals surface area contributed by atoms with Gasteiger partial charge in [0.05, 0.1) is 12.0 Å². The van der Waals surface area contributed by atoms with E-state index in [1.807, 2.05) is 13.8 Å². The van der Waals surface area contributed by atoms with Crippen molar-refractivity contribution in [3.8, 4) is 0 Å². The normalized spacial score (nSPS) is 37.9. The Bertz CT molecular complexity index is 587. The van der Waals surface area contributed by atoms with Crippen LogP contribution in [0.15, 0.2) is 0 Å². The third kappa shape index (κ3) is 10.5. The minimum absolute atomic E-state index is 0.0799. The molecule has 1 rings (SSSR count). The maximum atomic E-state index is 13.1. The van der Waals surface area contributed by atoms with Crippen LogP contribution in [0.5, 0.6) is 0 Å². The Labute approximate surface area is 208 Å². The number of cyclic esters (lactones) is 1. The van der Waals surface area contributed by atoms with Gasteiger partial charge in [0.15, 0.2) is 0 Å². The molecule has 0 aromatic heterocycles. The Morgan fingerprint density at radius 2 is 1.91 bits per heavy atom. The Morgan fingerprint density at radius 1 is 1.24 bits per heavy atom. The molecule has 0 spiro atoms. The Morgan fingerprint density at radius 3 is 2.50 bits per heavy atom. The van der Waals surface area contributed by atoms with Gasteiger partial charge in [0.1, 0.15) is 11.7 Å². The van der Waals surface area contributed by atoms with E-state index < -0.39 is 23.3 Å². The van der Waals surface area contributed by atoms with E-state index in [4.69, 9.17) is 9.47 Å². The molecule has 1 heterocycles. The molecule has 4 N–H and O–H groups in total. The number of nitrogens with one attached hydrogen (secondary N) is 2. The molecule has 0 radical (unpaired) electrons. The van der Waals surface area contributed by atoms with Crippen LogP contribution in [0.1, 0.15) is 93.4 Å². The number of ether oxygens (including phenoxy) is 2. The van der Waals surface area contributed by atoms with Crippen molar-refractivity contribution in [1.29, 1.82) is 0 Å². The second-order valence-electron chi connectivity index (χ2n) is 11.4. The van der Waals surface area contributed by atoms with Gasteiger partial charge in [-0.2, -0.15) is 0 Å². The van der Waals surface area contributed by atoms with Crippen molar-refractivity contribution in [2.24, 2.45) is 17.8 Å². The minimum Gasteiger partial charge on any atom is -0.459 e. The van der Waals surface area contributed by atoms with E-state index in [9.17, 15) is 15.0 Å². The summed E-state index contributed by atoms with van der Waals surface area (Å²) in [6.07, 6.45) is 4.04. The van der Waals surface area contributed by atoms with Crippen LogP contribution < -0.4 is 10.6 Å².